The van der Waals surface area contributed by atoms with Crippen LogP contribution in [0.4, 0.5) is 4.39 Å². The minimum atomic E-state index is -0.249. The Hall–Kier alpha value is -1.99. The van der Waals surface area contributed by atoms with Crippen LogP contribution in [0.5, 0.6) is 5.75 Å². The van der Waals surface area contributed by atoms with E-state index in [4.69, 9.17) is 4.74 Å². The fourth-order valence-electron chi connectivity index (χ4n) is 3.43. The van der Waals surface area contributed by atoms with E-state index in [1.165, 1.54) is 18.2 Å². The molecule has 0 aliphatic rings. The second kappa shape index (κ2) is 14.1. The van der Waals surface area contributed by atoms with Gasteiger partial charge in [0.05, 0.1) is 13.2 Å². The summed E-state index contributed by atoms with van der Waals surface area (Å²) in [7, 11) is 0. The van der Waals surface area contributed by atoms with Crippen molar-refractivity contribution < 1.29 is 24.4 Å². The molecule has 6 heteroatoms. The molecule has 0 aliphatic heterocycles. The smallest absolute Gasteiger partial charge is 0.123 e. The van der Waals surface area contributed by atoms with Crippen molar-refractivity contribution in [2.75, 3.05) is 19.8 Å². The van der Waals surface area contributed by atoms with Gasteiger partial charge in [-0.05, 0) is 67.1 Å². The zero-order chi connectivity index (χ0) is 21.6. The number of aliphatic hydroxyl groups excluding tert-OH is 2. The predicted octanol–water partition coefficient (Wildman–Crippen LogP) is 3.82. The molecule has 0 saturated carbocycles. The molecule has 0 fully saturated rings. The Morgan fingerprint density at radius 3 is 2.27 bits per heavy atom. The summed E-state index contributed by atoms with van der Waals surface area (Å²) in [5.41, 5.74) is 3.11. The molecule has 0 unspecified atom stereocenters. The van der Waals surface area contributed by atoms with E-state index in [0.29, 0.717) is 12.1 Å². The third-order valence-electron chi connectivity index (χ3n) is 5.19. The molecule has 0 spiro atoms. The Labute approximate surface area is 178 Å². The summed E-state index contributed by atoms with van der Waals surface area (Å²) in [6, 6.07) is 9.81. The minimum Gasteiger partial charge on any atom is -0.508 e. The number of aliphatic hydroxyl groups is 2. The summed E-state index contributed by atoms with van der Waals surface area (Å²) in [4.78, 5) is 0. The summed E-state index contributed by atoms with van der Waals surface area (Å²) in [5, 5.41) is 32.1. The Kier molecular flexibility index (Phi) is 11.4. The summed E-state index contributed by atoms with van der Waals surface area (Å²) in [5.74, 6) is -0.140. The van der Waals surface area contributed by atoms with E-state index in [-0.39, 0.29) is 24.8 Å². The van der Waals surface area contributed by atoms with Gasteiger partial charge in [-0.1, -0.05) is 31.0 Å². The number of halogens is 1. The van der Waals surface area contributed by atoms with E-state index >= 15 is 0 Å². The lowest BCUT2D eigenvalue weighted by atomic mass is 10.0. The number of rotatable bonds is 15. The van der Waals surface area contributed by atoms with Gasteiger partial charge in [0.25, 0.3) is 0 Å². The molecule has 2 rings (SSSR count). The highest BCUT2D eigenvalue weighted by Gasteiger charge is 2.11. The zero-order valence-corrected chi connectivity index (χ0v) is 17.6. The number of aromatic hydroxyl groups is 1. The highest BCUT2D eigenvalue weighted by Crippen LogP contribution is 2.25. The second-order valence-corrected chi connectivity index (χ2v) is 7.45. The maximum atomic E-state index is 12.8. The Morgan fingerprint density at radius 2 is 1.53 bits per heavy atom. The van der Waals surface area contributed by atoms with Crippen LogP contribution in [-0.4, -0.2) is 35.1 Å². The molecule has 166 valence electrons. The molecular weight excluding hydrogens is 385 g/mol. The van der Waals surface area contributed by atoms with Crippen molar-refractivity contribution in [1.82, 2.24) is 5.32 Å². The SMILES string of the molecule is OCc1ccc(O)c(CO)c1CNCCCCCCOCCCc1ccc(F)cc1. The molecule has 2 aromatic rings. The number of unbranched alkanes of at least 4 members (excludes halogenated alkanes) is 3. The minimum absolute atomic E-state index is 0.0594. The first-order valence-electron chi connectivity index (χ1n) is 10.7. The first-order chi connectivity index (χ1) is 14.7. The summed E-state index contributed by atoms with van der Waals surface area (Å²) in [6.07, 6.45) is 6.12. The van der Waals surface area contributed by atoms with Crippen LogP contribution in [0.1, 0.15) is 54.4 Å². The van der Waals surface area contributed by atoms with Gasteiger partial charge in [0, 0.05) is 25.3 Å². The van der Waals surface area contributed by atoms with E-state index in [0.717, 1.165) is 75.0 Å². The topological polar surface area (TPSA) is 82.0 Å². The Bertz CT molecular complexity index is 737. The fraction of sp³-hybridized carbons (Fsp3) is 0.500. The van der Waals surface area contributed by atoms with E-state index in [1.54, 1.807) is 6.07 Å². The number of hydrogen-bond donors (Lipinski definition) is 4. The lowest BCUT2D eigenvalue weighted by molar-refractivity contribution is 0.127. The number of aryl methyl sites for hydroxylation is 1. The van der Waals surface area contributed by atoms with Gasteiger partial charge < -0.3 is 25.4 Å². The van der Waals surface area contributed by atoms with Crippen LogP contribution < -0.4 is 5.32 Å². The normalized spacial score (nSPS) is 11.2. The molecule has 0 atom stereocenters. The molecule has 0 saturated heterocycles. The molecule has 2 aromatic carbocycles. The highest BCUT2D eigenvalue weighted by atomic mass is 19.1. The van der Waals surface area contributed by atoms with Crippen molar-refractivity contribution in [3.8, 4) is 5.75 Å². The molecule has 0 radical (unpaired) electrons. The van der Waals surface area contributed by atoms with Crippen molar-refractivity contribution in [3.05, 3.63) is 64.5 Å². The van der Waals surface area contributed by atoms with Crippen molar-refractivity contribution in [2.45, 2.75) is 58.3 Å². The van der Waals surface area contributed by atoms with Crippen LogP contribution in [0.25, 0.3) is 0 Å². The summed E-state index contributed by atoms with van der Waals surface area (Å²) in [6.45, 7) is 2.47. The number of ether oxygens (including phenoxy) is 1. The monoisotopic (exact) mass is 419 g/mol. The van der Waals surface area contributed by atoms with Crippen molar-refractivity contribution in [3.63, 3.8) is 0 Å². The van der Waals surface area contributed by atoms with Gasteiger partial charge in [-0.2, -0.15) is 0 Å². The first kappa shape index (κ1) is 24.3. The summed E-state index contributed by atoms with van der Waals surface area (Å²) < 4.78 is 18.5. The Balaban J connectivity index is 1.48. The molecule has 0 aliphatic carbocycles. The van der Waals surface area contributed by atoms with E-state index in [2.05, 4.69) is 5.32 Å². The average Bonchev–Trinajstić information content (AvgIpc) is 2.76. The lowest BCUT2D eigenvalue weighted by Crippen LogP contribution is -2.17. The molecule has 0 bridgehead atoms. The maximum Gasteiger partial charge on any atom is 0.123 e. The molecule has 0 aromatic heterocycles. The van der Waals surface area contributed by atoms with Gasteiger partial charge in [0.15, 0.2) is 0 Å². The van der Waals surface area contributed by atoms with Crippen LogP contribution in [-0.2, 0) is 30.9 Å². The van der Waals surface area contributed by atoms with Crippen molar-refractivity contribution >= 4 is 0 Å². The number of phenols is 1. The van der Waals surface area contributed by atoms with Gasteiger partial charge in [0.1, 0.15) is 11.6 Å². The second-order valence-electron chi connectivity index (χ2n) is 7.45. The van der Waals surface area contributed by atoms with Crippen LogP contribution in [0.2, 0.25) is 0 Å². The quantitative estimate of drug-likeness (QED) is 0.330. The molecule has 0 amide bonds. The van der Waals surface area contributed by atoms with Crippen LogP contribution in [0.3, 0.4) is 0 Å². The third-order valence-corrected chi connectivity index (χ3v) is 5.19. The van der Waals surface area contributed by atoms with Crippen molar-refractivity contribution in [1.29, 1.82) is 0 Å². The molecular formula is C24H34FNO4. The first-order valence-corrected chi connectivity index (χ1v) is 10.7. The Morgan fingerprint density at radius 1 is 0.800 bits per heavy atom. The molecule has 5 nitrogen and oxygen atoms in total. The van der Waals surface area contributed by atoms with E-state index in [9.17, 15) is 19.7 Å². The highest BCUT2D eigenvalue weighted by molar-refractivity contribution is 5.43. The lowest BCUT2D eigenvalue weighted by Gasteiger charge is -2.14. The fourth-order valence-corrected chi connectivity index (χ4v) is 3.43. The number of nitrogens with one attached hydrogen (secondary N) is 1. The summed E-state index contributed by atoms with van der Waals surface area (Å²) >= 11 is 0. The standard InChI is InChI=1S/C24H34FNO4/c25-21-10-7-19(8-11-21)6-5-15-30-14-4-2-1-3-13-26-16-22-20(17-27)9-12-24(29)23(22)18-28/h7-12,26-29H,1-6,13-18H2. The van der Waals surface area contributed by atoms with Gasteiger partial charge >= 0.3 is 0 Å². The zero-order valence-electron chi connectivity index (χ0n) is 17.6. The predicted molar refractivity (Wildman–Crippen MR) is 116 cm³/mol. The van der Waals surface area contributed by atoms with Gasteiger partial charge in [0.2, 0.25) is 0 Å². The molecule has 30 heavy (non-hydrogen) atoms. The average molecular weight is 420 g/mol. The van der Waals surface area contributed by atoms with Crippen LogP contribution in [0.15, 0.2) is 36.4 Å². The maximum absolute atomic E-state index is 12.8. The molecule has 0 heterocycles. The van der Waals surface area contributed by atoms with Crippen LogP contribution in [0, 0.1) is 5.82 Å². The van der Waals surface area contributed by atoms with Crippen molar-refractivity contribution in [2.24, 2.45) is 0 Å². The van der Waals surface area contributed by atoms with Gasteiger partial charge in [-0.3, -0.25) is 0 Å². The molecule has 4 N–H and O–H groups in total. The van der Waals surface area contributed by atoms with E-state index in [1.807, 2.05) is 12.1 Å². The third kappa shape index (κ3) is 8.40. The van der Waals surface area contributed by atoms with Gasteiger partial charge in [-0.25, -0.2) is 4.39 Å². The number of hydrogen-bond acceptors (Lipinski definition) is 5. The van der Waals surface area contributed by atoms with E-state index < -0.39 is 0 Å². The van der Waals surface area contributed by atoms with Crippen LogP contribution >= 0.6 is 0 Å². The number of benzene rings is 2. The van der Waals surface area contributed by atoms with Gasteiger partial charge in [-0.15, -0.1) is 0 Å². The largest absolute Gasteiger partial charge is 0.508 e.